The number of rotatable bonds is 8. The maximum Gasteiger partial charge on any atom is 0.317 e. The van der Waals surface area contributed by atoms with Gasteiger partial charge < -0.3 is 10.4 Å². The van der Waals surface area contributed by atoms with E-state index in [0.29, 0.717) is 18.8 Å². The molecule has 0 atom stereocenters. The molecule has 146 valence electrons. The van der Waals surface area contributed by atoms with Crippen LogP contribution in [0.4, 0.5) is 10.1 Å². The number of aryl methyl sites for hydroxylation is 1. The SMILES string of the molecule is Cc1cc(F)cc(C(=O)NC2CC(N(CC(=O)O)CC3CC3)C2)c1[N+](=O)[O-]. The molecule has 27 heavy (non-hydrogen) atoms. The van der Waals surface area contributed by atoms with E-state index in [1.54, 1.807) is 0 Å². The van der Waals surface area contributed by atoms with Gasteiger partial charge in [-0.1, -0.05) is 0 Å². The van der Waals surface area contributed by atoms with Crippen molar-refractivity contribution in [3.05, 3.63) is 39.2 Å². The van der Waals surface area contributed by atoms with Gasteiger partial charge in [0.1, 0.15) is 11.4 Å². The summed E-state index contributed by atoms with van der Waals surface area (Å²) in [6, 6.07) is 1.76. The summed E-state index contributed by atoms with van der Waals surface area (Å²) in [7, 11) is 0. The number of halogens is 1. The van der Waals surface area contributed by atoms with Crippen LogP contribution in [0.5, 0.6) is 0 Å². The summed E-state index contributed by atoms with van der Waals surface area (Å²) in [5.41, 5.74) is -0.596. The molecule has 0 aromatic heterocycles. The second-order valence-electron chi connectivity index (χ2n) is 7.44. The van der Waals surface area contributed by atoms with E-state index in [0.717, 1.165) is 31.5 Å². The van der Waals surface area contributed by atoms with Gasteiger partial charge >= 0.3 is 5.97 Å². The second-order valence-corrected chi connectivity index (χ2v) is 7.44. The van der Waals surface area contributed by atoms with E-state index in [-0.39, 0.29) is 29.8 Å². The number of carboxylic acids is 1. The number of carbonyl (C=O) groups excluding carboxylic acids is 1. The van der Waals surface area contributed by atoms with E-state index in [1.807, 2.05) is 4.90 Å². The lowest BCUT2D eigenvalue weighted by Crippen LogP contribution is -2.55. The fourth-order valence-corrected chi connectivity index (χ4v) is 3.57. The molecular formula is C18H22FN3O5. The van der Waals surface area contributed by atoms with Crippen molar-refractivity contribution in [2.24, 2.45) is 5.92 Å². The van der Waals surface area contributed by atoms with E-state index in [9.17, 15) is 24.1 Å². The zero-order valence-corrected chi connectivity index (χ0v) is 15.0. The van der Waals surface area contributed by atoms with Gasteiger partial charge in [0.15, 0.2) is 0 Å². The van der Waals surface area contributed by atoms with Crippen LogP contribution in [0, 0.1) is 28.8 Å². The van der Waals surface area contributed by atoms with Crippen LogP contribution in [0.1, 0.15) is 41.6 Å². The Morgan fingerprint density at radius 2 is 2.04 bits per heavy atom. The normalized spacial score (nSPS) is 21.6. The zero-order valence-electron chi connectivity index (χ0n) is 15.0. The number of hydrogen-bond acceptors (Lipinski definition) is 5. The Balaban J connectivity index is 1.62. The Labute approximate surface area is 155 Å². The fraction of sp³-hybridized carbons (Fsp3) is 0.556. The second kappa shape index (κ2) is 7.59. The molecule has 9 heteroatoms. The summed E-state index contributed by atoms with van der Waals surface area (Å²) in [5, 5.41) is 23.0. The van der Waals surface area contributed by atoms with Crippen LogP contribution >= 0.6 is 0 Å². The van der Waals surface area contributed by atoms with Crippen LogP contribution in [0.3, 0.4) is 0 Å². The molecule has 1 aromatic carbocycles. The van der Waals surface area contributed by atoms with Crippen LogP contribution < -0.4 is 5.32 Å². The highest BCUT2D eigenvalue weighted by molar-refractivity contribution is 5.98. The number of nitrogens with one attached hydrogen (secondary N) is 1. The number of hydrogen-bond donors (Lipinski definition) is 2. The Bertz CT molecular complexity index is 775. The zero-order chi connectivity index (χ0) is 19.7. The predicted molar refractivity (Wildman–Crippen MR) is 94.0 cm³/mol. The lowest BCUT2D eigenvalue weighted by Gasteiger charge is -2.42. The molecule has 8 nitrogen and oxygen atoms in total. The van der Waals surface area contributed by atoms with Crippen LogP contribution in [0.2, 0.25) is 0 Å². The molecule has 2 fully saturated rings. The van der Waals surface area contributed by atoms with Gasteiger partial charge in [0.2, 0.25) is 0 Å². The van der Waals surface area contributed by atoms with Crippen LogP contribution in [-0.2, 0) is 4.79 Å². The molecule has 0 heterocycles. The van der Waals surface area contributed by atoms with Gasteiger partial charge in [-0.25, -0.2) is 4.39 Å². The summed E-state index contributed by atoms with van der Waals surface area (Å²) in [4.78, 5) is 36.0. The Hall–Kier alpha value is -2.55. The number of aliphatic carboxylic acids is 1. The quantitative estimate of drug-likeness (QED) is 0.528. The third kappa shape index (κ3) is 4.60. The van der Waals surface area contributed by atoms with Gasteiger partial charge in [-0.2, -0.15) is 0 Å². The number of nitrogens with zero attached hydrogens (tertiary/aromatic N) is 2. The maximum atomic E-state index is 13.6. The first-order valence-corrected chi connectivity index (χ1v) is 8.95. The highest BCUT2D eigenvalue weighted by Gasteiger charge is 2.38. The summed E-state index contributed by atoms with van der Waals surface area (Å²) >= 11 is 0. The topological polar surface area (TPSA) is 113 Å². The van der Waals surface area contributed by atoms with Crippen molar-refractivity contribution in [3.63, 3.8) is 0 Å². The van der Waals surface area contributed by atoms with Crippen molar-refractivity contribution in [2.45, 2.75) is 44.7 Å². The molecule has 0 spiro atoms. The standard InChI is InChI=1S/C18H22FN3O5/c1-10-4-12(19)5-15(17(10)22(26)27)18(25)20-13-6-14(7-13)21(9-16(23)24)8-11-2-3-11/h4-5,11,13-14H,2-3,6-9H2,1H3,(H,20,25)(H,23,24). The fourth-order valence-electron chi connectivity index (χ4n) is 3.57. The van der Waals surface area contributed by atoms with Gasteiger partial charge in [0.05, 0.1) is 11.5 Å². The Kier molecular flexibility index (Phi) is 5.41. The van der Waals surface area contributed by atoms with Crippen molar-refractivity contribution in [1.29, 1.82) is 0 Å². The molecule has 2 saturated carbocycles. The van der Waals surface area contributed by atoms with Gasteiger partial charge in [-0.05, 0) is 50.7 Å². The summed E-state index contributed by atoms with van der Waals surface area (Å²) in [5.74, 6) is -1.71. The first-order valence-electron chi connectivity index (χ1n) is 8.95. The largest absolute Gasteiger partial charge is 0.480 e. The summed E-state index contributed by atoms with van der Waals surface area (Å²) in [6.07, 6.45) is 3.39. The van der Waals surface area contributed by atoms with Crippen molar-refractivity contribution in [1.82, 2.24) is 10.2 Å². The van der Waals surface area contributed by atoms with Gasteiger partial charge in [0.25, 0.3) is 11.6 Å². The number of carboxylic acid groups (broad SMARTS) is 1. The number of nitro benzene ring substituents is 1. The average Bonchev–Trinajstić information content (AvgIpc) is 3.31. The van der Waals surface area contributed by atoms with E-state index in [1.165, 1.54) is 6.92 Å². The number of benzene rings is 1. The van der Waals surface area contributed by atoms with E-state index < -0.39 is 28.3 Å². The monoisotopic (exact) mass is 379 g/mol. The van der Waals surface area contributed by atoms with E-state index in [2.05, 4.69) is 5.32 Å². The number of nitro groups is 1. The third-order valence-corrected chi connectivity index (χ3v) is 5.19. The number of carbonyl (C=O) groups is 2. The van der Waals surface area contributed by atoms with Gasteiger partial charge in [0, 0.05) is 24.2 Å². The minimum absolute atomic E-state index is 0.0314. The van der Waals surface area contributed by atoms with Gasteiger partial charge in [-0.15, -0.1) is 0 Å². The van der Waals surface area contributed by atoms with Crippen molar-refractivity contribution < 1.29 is 24.0 Å². The minimum atomic E-state index is -0.881. The molecule has 0 saturated heterocycles. The van der Waals surface area contributed by atoms with E-state index >= 15 is 0 Å². The minimum Gasteiger partial charge on any atom is -0.480 e. The first kappa shape index (κ1) is 19.2. The van der Waals surface area contributed by atoms with Gasteiger partial charge in [-0.3, -0.25) is 24.6 Å². The first-order chi connectivity index (χ1) is 12.7. The molecule has 1 aromatic rings. The van der Waals surface area contributed by atoms with E-state index in [4.69, 9.17) is 5.11 Å². The molecule has 2 aliphatic rings. The summed E-state index contributed by atoms with van der Waals surface area (Å²) in [6.45, 7) is 2.10. The molecule has 0 unspecified atom stereocenters. The molecule has 0 aliphatic heterocycles. The lowest BCUT2D eigenvalue weighted by molar-refractivity contribution is -0.385. The Morgan fingerprint density at radius 1 is 1.37 bits per heavy atom. The number of amides is 1. The average molecular weight is 379 g/mol. The van der Waals surface area contributed by atoms with Crippen molar-refractivity contribution >= 4 is 17.6 Å². The van der Waals surface area contributed by atoms with Crippen molar-refractivity contribution in [3.8, 4) is 0 Å². The highest BCUT2D eigenvalue weighted by Crippen LogP contribution is 2.34. The van der Waals surface area contributed by atoms with Crippen LogP contribution in [-0.4, -0.2) is 52.0 Å². The summed E-state index contributed by atoms with van der Waals surface area (Å²) < 4.78 is 13.6. The molecule has 2 N–H and O–H groups in total. The molecule has 2 aliphatic carbocycles. The molecule has 1 amide bonds. The molecule has 3 rings (SSSR count). The lowest BCUT2D eigenvalue weighted by atomic mass is 9.85. The Morgan fingerprint density at radius 3 is 2.59 bits per heavy atom. The molecule has 0 bridgehead atoms. The maximum absolute atomic E-state index is 13.6. The van der Waals surface area contributed by atoms with Crippen molar-refractivity contribution in [2.75, 3.05) is 13.1 Å². The highest BCUT2D eigenvalue weighted by atomic mass is 19.1. The molecular weight excluding hydrogens is 357 g/mol. The van der Waals surface area contributed by atoms with Crippen LogP contribution in [0.15, 0.2) is 12.1 Å². The molecule has 0 radical (unpaired) electrons. The van der Waals surface area contributed by atoms with Crippen LogP contribution in [0.25, 0.3) is 0 Å². The smallest absolute Gasteiger partial charge is 0.317 e. The third-order valence-electron chi connectivity index (χ3n) is 5.19. The predicted octanol–water partition coefficient (Wildman–Crippen LogP) is 2.10.